The second-order valence-electron chi connectivity index (χ2n) is 3.09. The van der Waals surface area contributed by atoms with Crippen molar-refractivity contribution in [2.75, 3.05) is 7.11 Å². The van der Waals surface area contributed by atoms with Gasteiger partial charge in [0.2, 0.25) is 5.85 Å². The smallest absolute Gasteiger partial charge is 0.361 e. The lowest BCUT2D eigenvalue weighted by Gasteiger charge is -2.19. The molecule has 2 N–H and O–H groups in total. The molecule has 1 atom stereocenters. The highest BCUT2D eigenvalue weighted by molar-refractivity contribution is 7.53. The van der Waals surface area contributed by atoms with Gasteiger partial charge in [0.05, 0.1) is 0 Å². The monoisotopic (exact) mass is 224 g/mol. The number of carbonyl (C=O) groups excluding carboxylic acids is 1. The maximum absolute atomic E-state index is 11.6. The minimum atomic E-state index is -4.48. The van der Waals surface area contributed by atoms with Crippen LogP contribution in [0.25, 0.3) is 0 Å². The van der Waals surface area contributed by atoms with E-state index in [1.54, 1.807) is 13.8 Å². The van der Waals surface area contributed by atoms with Crippen LogP contribution in [0.3, 0.4) is 0 Å². The lowest BCUT2D eigenvalue weighted by Crippen LogP contribution is -2.29. The maximum Gasteiger partial charge on any atom is 0.361 e. The summed E-state index contributed by atoms with van der Waals surface area (Å²) < 4.78 is 15.4. The van der Waals surface area contributed by atoms with Crippen LogP contribution < -0.4 is 0 Å². The van der Waals surface area contributed by atoms with E-state index in [1.807, 2.05) is 0 Å². The molecular formula is C8H17O5P. The topological polar surface area (TPSA) is 83.8 Å². The number of carbonyl (C=O) groups is 1. The van der Waals surface area contributed by atoms with Crippen LogP contribution in [0.1, 0.15) is 26.7 Å². The Hall–Kier alpha value is -0.220. The molecule has 0 aromatic carbocycles. The van der Waals surface area contributed by atoms with Gasteiger partial charge in [0, 0.05) is 13.0 Å². The number of hydrogen-bond acceptors (Lipinski definition) is 3. The van der Waals surface area contributed by atoms with E-state index in [1.165, 1.54) is 0 Å². The van der Waals surface area contributed by atoms with Gasteiger partial charge in [-0.3, -0.25) is 9.36 Å². The Kier molecular flexibility index (Phi) is 5.52. The van der Waals surface area contributed by atoms with Crippen molar-refractivity contribution in [2.24, 2.45) is 5.92 Å². The van der Waals surface area contributed by atoms with Crippen molar-refractivity contribution in [3.8, 4) is 0 Å². The second-order valence-corrected chi connectivity index (χ2v) is 4.74. The van der Waals surface area contributed by atoms with E-state index in [-0.39, 0.29) is 5.92 Å². The first-order chi connectivity index (χ1) is 6.38. The third-order valence-corrected chi connectivity index (χ3v) is 3.24. The SMILES string of the molecule is CCC(CC)C(=O)C(OC)P(=O)(O)O. The molecule has 0 radical (unpaired) electrons. The molecule has 0 bridgehead atoms. The Morgan fingerprint density at radius 2 is 1.79 bits per heavy atom. The molecule has 0 rings (SSSR count). The fraction of sp³-hybridized carbons (Fsp3) is 0.875. The zero-order valence-electron chi connectivity index (χ0n) is 8.64. The first-order valence-corrected chi connectivity index (χ1v) is 6.18. The highest BCUT2D eigenvalue weighted by Gasteiger charge is 2.38. The number of ether oxygens (including phenoxy) is 1. The summed E-state index contributed by atoms with van der Waals surface area (Å²) in [7, 11) is -3.35. The summed E-state index contributed by atoms with van der Waals surface area (Å²) in [4.78, 5) is 29.3. The number of ketones is 1. The third kappa shape index (κ3) is 3.50. The first kappa shape index (κ1) is 13.8. The number of hydrogen-bond donors (Lipinski definition) is 2. The van der Waals surface area contributed by atoms with Crippen LogP contribution in [-0.4, -0.2) is 28.5 Å². The lowest BCUT2D eigenvalue weighted by molar-refractivity contribution is -0.129. The molecular weight excluding hydrogens is 207 g/mol. The summed E-state index contributed by atoms with van der Waals surface area (Å²) in [5.74, 6) is -2.45. The molecule has 1 unspecified atom stereocenters. The molecule has 6 heteroatoms. The van der Waals surface area contributed by atoms with E-state index < -0.39 is 19.2 Å². The van der Waals surface area contributed by atoms with Crippen LogP contribution in [0.4, 0.5) is 0 Å². The zero-order valence-corrected chi connectivity index (χ0v) is 9.53. The molecule has 0 amide bonds. The van der Waals surface area contributed by atoms with Gasteiger partial charge in [-0.05, 0) is 12.8 Å². The van der Waals surface area contributed by atoms with Gasteiger partial charge in [0.15, 0.2) is 5.78 Å². The van der Waals surface area contributed by atoms with E-state index in [0.29, 0.717) is 12.8 Å². The average Bonchev–Trinajstić information content (AvgIpc) is 2.05. The van der Waals surface area contributed by atoms with Gasteiger partial charge >= 0.3 is 7.60 Å². The molecule has 0 heterocycles. The van der Waals surface area contributed by atoms with Crippen molar-refractivity contribution in [2.45, 2.75) is 32.5 Å². The molecule has 0 aromatic rings. The largest absolute Gasteiger partial charge is 0.362 e. The second kappa shape index (κ2) is 5.61. The Morgan fingerprint density at radius 3 is 2.00 bits per heavy atom. The Labute approximate surface area is 83.6 Å². The predicted octanol–water partition coefficient (Wildman–Crippen LogP) is 1.14. The molecule has 0 aliphatic rings. The molecule has 0 spiro atoms. The molecule has 84 valence electrons. The Bertz CT molecular complexity index is 230. The maximum atomic E-state index is 11.6. The molecule has 0 saturated carbocycles. The van der Waals surface area contributed by atoms with Gasteiger partial charge in [-0.25, -0.2) is 0 Å². The summed E-state index contributed by atoms with van der Waals surface area (Å²) >= 11 is 0. The molecule has 0 saturated heterocycles. The van der Waals surface area contributed by atoms with Gasteiger partial charge in [-0.1, -0.05) is 13.8 Å². The molecule has 0 aliphatic carbocycles. The van der Waals surface area contributed by atoms with Gasteiger partial charge in [0.1, 0.15) is 0 Å². The highest BCUT2D eigenvalue weighted by Crippen LogP contribution is 2.43. The number of rotatable bonds is 6. The van der Waals surface area contributed by atoms with Gasteiger partial charge in [0.25, 0.3) is 0 Å². The molecule has 5 nitrogen and oxygen atoms in total. The van der Waals surface area contributed by atoms with Crippen molar-refractivity contribution in [1.29, 1.82) is 0 Å². The summed E-state index contributed by atoms with van der Waals surface area (Å²) in [5.41, 5.74) is 0. The average molecular weight is 224 g/mol. The van der Waals surface area contributed by atoms with E-state index in [9.17, 15) is 9.36 Å². The Balaban J connectivity index is 4.70. The quantitative estimate of drug-likeness (QED) is 0.661. The summed E-state index contributed by atoms with van der Waals surface area (Å²) in [6.45, 7) is 3.61. The van der Waals surface area contributed by atoms with Crippen LogP contribution in [0.5, 0.6) is 0 Å². The number of Topliss-reactive ketones (excluding diaryl/α,β-unsaturated/α-hetero) is 1. The van der Waals surface area contributed by atoms with Crippen molar-refractivity contribution in [1.82, 2.24) is 0 Å². The van der Waals surface area contributed by atoms with E-state index in [4.69, 9.17) is 9.79 Å². The highest BCUT2D eigenvalue weighted by atomic mass is 31.2. The number of methoxy groups -OCH3 is 1. The minimum Gasteiger partial charge on any atom is -0.362 e. The normalized spacial score (nSPS) is 14.4. The standard InChI is InChI=1S/C8H17O5P/c1-4-6(5-2)7(9)8(13-3)14(10,11)12/h6,8H,4-5H2,1-3H3,(H2,10,11,12). The van der Waals surface area contributed by atoms with Crippen molar-refractivity contribution in [3.63, 3.8) is 0 Å². The predicted molar refractivity (Wildman–Crippen MR) is 51.9 cm³/mol. The molecule has 14 heavy (non-hydrogen) atoms. The van der Waals surface area contributed by atoms with Crippen molar-refractivity contribution < 1.29 is 23.9 Å². The first-order valence-electron chi connectivity index (χ1n) is 4.50. The minimum absolute atomic E-state index is 0.340. The van der Waals surface area contributed by atoms with Crippen molar-refractivity contribution >= 4 is 13.4 Å². The Morgan fingerprint density at radius 1 is 1.36 bits per heavy atom. The van der Waals surface area contributed by atoms with Crippen LogP contribution in [0, 0.1) is 5.92 Å². The van der Waals surface area contributed by atoms with E-state index in [0.717, 1.165) is 7.11 Å². The fourth-order valence-corrected chi connectivity index (χ4v) is 2.13. The molecule has 0 aliphatic heterocycles. The molecule has 0 fully saturated rings. The third-order valence-electron chi connectivity index (χ3n) is 2.16. The van der Waals surface area contributed by atoms with Gasteiger partial charge < -0.3 is 14.5 Å². The van der Waals surface area contributed by atoms with E-state index >= 15 is 0 Å². The van der Waals surface area contributed by atoms with Crippen LogP contribution in [-0.2, 0) is 14.1 Å². The summed E-state index contributed by atoms with van der Waals surface area (Å²) in [6, 6.07) is 0. The van der Waals surface area contributed by atoms with Gasteiger partial charge in [-0.2, -0.15) is 0 Å². The summed E-state index contributed by atoms with van der Waals surface area (Å²) in [6.07, 6.45) is 1.13. The fourth-order valence-electron chi connectivity index (χ4n) is 1.31. The molecule has 0 aromatic heterocycles. The summed E-state index contributed by atoms with van der Waals surface area (Å²) in [5, 5.41) is 0. The lowest BCUT2D eigenvalue weighted by atomic mass is 9.99. The van der Waals surface area contributed by atoms with Gasteiger partial charge in [-0.15, -0.1) is 0 Å². The zero-order chi connectivity index (χ0) is 11.4. The van der Waals surface area contributed by atoms with Crippen LogP contribution >= 0.6 is 7.60 Å². The van der Waals surface area contributed by atoms with Crippen molar-refractivity contribution in [3.05, 3.63) is 0 Å². The van der Waals surface area contributed by atoms with Crippen LogP contribution in [0.2, 0.25) is 0 Å². The van der Waals surface area contributed by atoms with Crippen LogP contribution in [0.15, 0.2) is 0 Å². The van der Waals surface area contributed by atoms with E-state index in [2.05, 4.69) is 4.74 Å².